The topological polar surface area (TPSA) is 66.4 Å². The lowest BCUT2D eigenvalue weighted by molar-refractivity contribution is 0.0582. The van der Waals surface area contributed by atoms with Crippen LogP contribution in [0, 0.1) is 5.92 Å². The molecule has 4 rings (SSSR count). The number of Topliss-reactive ketones (excluding diaryl/α,β-unsaturated/α-hetero) is 1. The summed E-state index contributed by atoms with van der Waals surface area (Å²) in [5, 5.41) is 16.0. The van der Waals surface area contributed by atoms with Gasteiger partial charge in [-0.2, -0.15) is 0 Å². The van der Waals surface area contributed by atoms with Crippen molar-refractivity contribution < 1.29 is 14.5 Å². The first-order chi connectivity index (χ1) is 15.6. The average Bonchev–Trinajstić information content (AvgIpc) is 2.88. The van der Waals surface area contributed by atoms with Crippen molar-refractivity contribution in [1.82, 2.24) is 5.09 Å². The van der Waals surface area contributed by atoms with Crippen LogP contribution >= 0.6 is 7.29 Å². The van der Waals surface area contributed by atoms with Crippen molar-refractivity contribution in [3.05, 3.63) is 96.6 Å². The van der Waals surface area contributed by atoms with E-state index in [1.165, 1.54) is 0 Å². The fraction of sp³-hybridized carbons (Fsp3) is 0.296. The molecule has 1 saturated carbocycles. The Morgan fingerprint density at radius 2 is 1.25 bits per heavy atom. The van der Waals surface area contributed by atoms with E-state index in [0.29, 0.717) is 16.2 Å². The van der Waals surface area contributed by atoms with E-state index in [4.69, 9.17) is 0 Å². The maximum Gasteiger partial charge on any atom is 0.204 e. The van der Waals surface area contributed by atoms with Crippen LogP contribution in [0.3, 0.4) is 0 Å². The van der Waals surface area contributed by atoms with E-state index in [9.17, 15) is 14.5 Å². The summed E-state index contributed by atoms with van der Waals surface area (Å²) in [6.07, 6.45) is 3.79. The summed E-state index contributed by atoms with van der Waals surface area (Å²) in [7, 11) is -3.29. The van der Waals surface area contributed by atoms with Crippen LogP contribution in [-0.2, 0) is 4.57 Å². The highest BCUT2D eigenvalue weighted by atomic mass is 31.2. The zero-order chi connectivity index (χ0) is 22.4. The molecule has 0 spiro atoms. The molecule has 32 heavy (non-hydrogen) atoms. The number of aliphatic hydroxyl groups excluding tert-OH is 1. The molecule has 1 aliphatic rings. The Kier molecular flexibility index (Phi) is 7.36. The molecule has 2 N–H and O–H groups in total. The summed E-state index contributed by atoms with van der Waals surface area (Å²) < 4.78 is 14.6. The van der Waals surface area contributed by atoms with Crippen LogP contribution in [0.5, 0.6) is 0 Å². The molecule has 3 aromatic rings. The Morgan fingerprint density at radius 1 is 0.781 bits per heavy atom. The molecular formula is C27H30NO3P. The number of nitrogens with one attached hydrogen (secondary N) is 1. The molecule has 0 radical (unpaired) electrons. The first-order valence-electron chi connectivity index (χ1n) is 11.4. The van der Waals surface area contributed by atoms with Gasteiger partial charge in [0.25, 0.3) is 0 Å². The summed E-state index contributed by atoms with van der Waals surface area (Å²) in [4.78, 5) is 13.2. The number of benzene rings is 3. The van der Waals surface area contributed by atoms with Gasteiger partial charge >= 0.3 is 0 Å². The Labute approximate surface area is 190 Å². The van der Waals surface area contributed by atoms with Crippen molar-refractivity contribution in [2.24, 2.45) is 5.92 Å². The first kappa shape index (κ1) is 22.7. The van der Waals surface area contributed by atoms with Gasteiger partial charge in [-0.05, 0) is 43.0 Å². The van der Waals surface area contributed by atoms with Crippen molar-refractivity contribution in [2.75, 3.05) is 0 Å². The second kappa shape index (κ2) is 10.4. The highest BCUT2D eigenvalue weighted by molar-refractivity contribution is 7.76. The molecule has 2 atom stereocenters. The Morgan fingerprint density at radius 3 is 1.75 bits per heavy atom. The highest BCUT2D eigenvalue weighted by Crippen LogP contribution is 2.42. The van der Waals surface area contributed by atoms with E-state index in [0.717, 1.165) is 32.1 Å². The standard InChI is InChI=1S/C27H30NO3P/c29-26(22-15-7-2-8-16-22)27(30)25(21-13-5-1-6-14-21)28-32(31,23-17-9-3-10-18-23)24-19-11-4-12-20-24/h2-4,7-12,15-21,25,27,30H,1,5-6,13-14H2,(H,28,31)/t25-,27-/m1/s1. The molecule has 1 fully saturated rings. The quantitative estimate of drug-likeness (QED) is 0.388. The minimum absolute atomic E-state index is 0.0761. The lowest BCUT2D eigenvalue weighted by Gasteiger charge is -2.36. The van der Waals surface area contributed by atoms with Gasteiger partial charge in [-0.3, -0.25) is 14.4 Å². The molecule has 4 nitrogen and oxygen atoms in total. The van der Waals surface area contributed by atoms with Crippen molar-refractivity contribution in [3.63, 3.8) is 0 Å². The summed E-state index contributed by atoms with van der Waals surface area (Å²) in [5.74, 6) is -0.256. The molecule has 0 bridgehead atoms. The fourth-order valence-corrected chi connectivity index (χ4v) is 7.20. The largest absolute Gasteiger partial charge is 0.383 e. The van der Waals surface area contributed by atoms with Crippen LogP contribution in [0.1, 0.15) is 42.5 Å². The van der Waals surface area contributed by atoms with Crippen LogP contribution in [0.15, 0.2) is 91.0 Å². The lowest BCUT2D eigenvalue weighted by Crippen LogP contribution is -2.50. The minimum Gasteiger partial charge on any atom is -0.383 e. The Balaban J connectivity index is 1.74. The van der Waals surface area contributed by atoms with Gasteiger partial charge in [-0.1, -0.05) is 86.0 Å². The summed E-state index contributed by atoms with van der Waals surface area (Å²) in [6.45, 7) is 0. The number of rotatable bonds is 8. The van der Waals surface area contributed by atoms with Crippen LogP contribution in [0.25, 0.3) is 0 Å². The highest BCUT2D eigenvalue weighted by Gasteiger charge is 2.39. The van der Waals surface area contributed by atoms with E-state index < -0.39 is 19.4 Å². The SMILES string of the molecule is O=C(c1ccccc1)[C@H](O)[C@H](NP(=O)(c1ccccc1)c1ccccc1)C1CCCCC1. The van der Waals surface area contributed by atoms with Crippen molar-refractivity contribution >= 4 is 23.7 Å². The predicted molar refractivity (Wildman–Crippen MR) is 130 cm³/mol. The van der Waals surface area contributed by atoms with Crippen LogP contribution < -0.4 is 15.7 Å². The van der Waals surface area contributed by atoms with Crippen LogP contribution in [-0.4, -0.2) is 23.0 Å². The third-order valence-electron chi connectivity index (χ3n) is 6.40. The maximum absolute atomic E-state index is 14.6. The molecule has 166 valence electrons. The lowest BCUT2D eigenvalue weighted by atomic mass is 9.81. The summed E-state index contributed by atoms with van der Waals surface area (Å²) in [6, 6.07) is 26.9. The molecule has 0 aromatic heterocycles. The molecule has 3 aromatic carbocycles. The normalized spacial score (nSPS) is 16.9. The van der Waals surface area contributed by atoms with E-state index in [-0.39, 0.29) is 11.7 Å². The molecule has 0 saturated heterocycles. The van der Waals surface area contributed by atoms with Gasteiger partial charge in [-0.25, -0.2) is 0 Å². The van der Waals surface area contributed by atoms with Gasteiger partial charge in [0, 0.05) is 22.2 Å². The van der Waals surface area contributed by atoms with Crippen molar-refractivity contribution in [1.29, 1.82) is 0 Å². The average molecular weight is 448 g/mol. The molecule has 5 heteroatoms. The number of aliphatic hydroxyl groups is 1. The molecule has 0 heterocycles. The molecule has 0 aliphatic heterocycles. The van der Waals surface area contributed by atoms with Gasteiger partial charge in [0.1, 0.15) is 6.10 Å². The second-order valence-electron chi connectivity index (χ2n) is 8.51. The second-order valence-corrected chi connectivity index (χ2v) is 11.0. The first-order valence-corrected chi connectivity index (χ1v) is 13.1. The van der Waals surface area contributed by atoms with Gasteiger partial charge in [-0.15, -0.1) is 0 Å². The Bertz CT molecular complexity index is 1010. The minimum atomic E-state index is -3.29. The number of hydrogen-bond acceptors (Lipinski definition) is 3. The van der Waals surface area contributed by atoms with Gasteiger partial charge in [0.15, 0.2) is 5.78 Å². The van der Waals surface area contributed by atoms with E-state index in [1.54, 1.807) is 24.3 Å². The van der Waals surface area contributed by atoms with E-state index in [2.05, 4.69) is 5.09 Å². The van der Waals surface area contributed by atoms with Crippen LogP contribution in [0.4, 0.5) is 0 Å². The van der Waals surface area contributed by atoms with Gasteiger partial charge in [0.2, 0.25) is 7.29 Å². The molecule has 0 amide bonds. The summed E-state index contributed by atoms with van der Waals surface area (Å²) in [5.41, 5.74) is 0.469. The molecular weight excluding hydrogens is 417 g/mol. The maximum atomic E-state index is 14.6. The third kappa shape index (κ3) is 4.94. The van der Waals surface area contributed by atoms with Gasteiger partial charge < -0.3 is 5.11 Å². The van der Waals surface area contributed by atoms with E-state index >= 15 is 0 Å². The number of carbonyl (C=O) groups is 1. The van der Waals surface area contributed by atoms with Crippen molar-refractivity contribution in [3.8, 4) is 0 Å². The predicted octanol–water partition coefficient (Wildman–Crippen LogP) is 4.70. The van der Waals surface area contributed by atoms with E-state index in [1.807, 2.05) is 66.7 Å². The van der Waals surface area contributed by atoms with Gasteiger partial charge in [0.05, 0.1) is 0 Å². The van der Waals surface area contributed by atoms with Crippen LogP contribution in [0.2, 0.25) is 0 Å². The third-order valence-corrected chi connectivity index (χ3v) is 9.11. The molecule has 1 aliphatic carbocycles. The van der Waals surface area contributed by atoms with Crippen molar-refractivity contribution in [2.45, 2.75) is 44.2 Å². The number of ketones is 1. The monoisotopic (exact) mass is 447 g/mol. The Hall–Kier alpha value is -2.52. The zero-order valence-corrected chi connectivity index (χ0v) is 19.0. The smallest absolute Gasteiger partial charge is 0.204 e. The molecule has 0 unspecified atom stereocenters. The number of carbonyl (C=O) groups excluding carboxylic acids is 1. The fourth-order valence-electron chi connectivity index (χ4n) is 4.65. The number of hydrogen-bond donors (Lipinski definition) is 2. The zero-order valence-electron chi connectivity index (χ0n) is 18.1. The summed E-state index contributed by atoms with van der Waals surface area (Å²) >= 11 is 0.